The molecule has 7 aromatic rings. The van der Waals surface area contributed by atoms with Crippen LogP contribution in [-0.4, -0.2) is 0 Å². The van der Waals surface area contributed by atoms with E-state index in [1.165, 1.54) is 97.4 Å². The van der Waals surface area contributed by atoms with Gasteiger partial charge in [0.05, 0.1) is 0 Å². The summed E-state index contributed by atoms with van der Waals surface area (Å²) in [6.45, 7) is 4.63. The molecule has 0 unspecified atom stereocenters. The second kappa shape index (κ2) is 7.00. The highest BCUT2D eigenvalue weighted by Crippen LogP contribution is 2.42. The Morgan fingerprint density at radius 2 is 0.842 bits per heavy atom. The smallest absolute Gasteiger partial charge is 0.000834 e. The Hall–Kier alpha value is -4.68. The van der Waals surface area contributed by atoms with E-state index in [9.17, 15) is 0 Å². The van der Waals surface area contributed by atoms with Crippen molar-refractivity contribution in [3.8, 4) is 22.3 Å². The Bertz CT molecular complexity index is 2260. The predicted octanol–water partition coefficient (Wildman–Crippen LogP) is 7.00. The molecule has 0 saturated carbocycles. The fourth-order valence-corrected chi connectivity index (χ4v) is 7.36. The van der Waals surface area contributed by atoms with Crippen LogP contribution in [0.1, 0.15) is 13.8 Å². The zero-order valence-corrected chi connectivity index (χ0v) is 21.4. The minimum Gasteiger partial charge on any atom is -0.0622 e. The number of hydrogen-bond donors (Lipinski definition) is 0. The first-order valence-corrected chi connectivity index (χ1v) is 13.5. The summed E-state index contributed by atoms with van der Waals surface area (Å²) < 4.78 is 0. The van der Waals surface area contributed by atoms with Crippen LogP contribution >= 0.6 is 0 Å². The average molecular weight is 481 g/mol. The summed E-state index contributed by atoms with van der Waals surface area (Å²) in [5.74, 6) is 0. The van der Waals surface area contributed by atoms with E-state index in [2.05, 4.69) is 123 Å². The van der Waals surface area contributed by atoms with Gasteiger partial charge >= 0.3 is 0 Å². The van der Waals surface area contributed by atoms with Crippen molar-refractivity contribution >= 4 is 66.4 Å². The first-order valence-electron chi connectivity index (χ1n) is 13.5. The van der Waals surface area contributed by atoms with Gasteiger partial charge in [0.2, 0.25) is 0 Å². The zero-order chi connectivity index (χ0) is 25.1. The second-order valence-electron chi connectivity index (χ2n) is 10.9. The van der Waals surface area contributed by atoms with Gasteiger partial charge in [0.15, 0.2) is 0 Å². The highest BCUT2D eigenvalue weighted by atomic mass is 14.3. The molecule has 2 aliphatic rings. The summed E-state index contributed by atoms with van der Waals surface area (Å²) in [7, 11) is 0. The van der Waals surface area contributed by atoms with Crippen LogP contribution in [0.5, 0.6) is 0 Å². The third-order valence-corrected chi connectivity index (χ3v) is 9.13. The van der Waals surface area contributed by atoms with E-state index >= 15 is 0 Å². The summed E-state index contributed by atoms with van der Waals surface area (Å²) in [6.07, 6.45) is 4.54. The van der Waals surface area contributed by atoms with E-state index in [1.807, 2.05) is 0 Å². The average Bonchev–Trinajstić information content (AvgIpc) is 3.52. The van der Waals surface area contributed by atoms with Crippen molar-refractivity contribution in [3.63, 3.8) is 0 Å². The number of hydrogen-bond acceptors (Lipinski definition) is 0. The Morgan fingerprint density at radius 1 is 0.395 bits per heavy atom. The normalized spacial score (nSPS) is 13.8. The van der Waals surface area contributed by atoms with Crippen molar-refractivity contribution in [2.45, 2.75) is 13.8 Å². The predicted molar refractivity (Wildman–Crippen MR) is 164 cm³/mol. The maximum absolute atomic E-state index is 2.49. The third-order valence-electron chi connectivity index (χ3n) is 9.13. The van der Waals surface area contributed by atoms with Crippen LogP contribution < -0.4 is 20.9 Å². The Balaban J connectivity index is 1.65. The van der Waals surface area contributed by atoms with Crippen LogP contribution in [0.15, 0.2) is 97.1 Å². The van der Waals surface area contributed by atoms with Crippen LogP contribution in [0.25, 0.3) is 88.6 Å². The topological polar surface area (TPSA) is 0 Å². The number of fused-ring (bicyclic) bond motifs is 2. The van der Waals surface area contributed by atoms with Crippen LogP contribution in [0.3, 0.4) is 0 Å². The van der Waals surface area contributed by atoms with Crippen molar-refractivity contribution in [2.24, 2.45) is 0 Å². The molecule has 0 amide bonds. The summed E-state index contributed by atoms with van der Waals surface area (Å²) >= 11 is 0. The highest BCUT2D eigenvalue weighted by molar-refractivity contribution is 6.35. The molecule has 0 atom stereocenters. The third kappa shape index (κ3) is 2.37. The van der Waals surface area contributed by atoms with Gasteiger partial charge < -0.3 is 0 Å². The molecule has 0 heterocycles. The van der Waals surface area contributed by atoms with Crippen LogP contribution in [0.2, 0.25) is 0 Å². The fraction of sp³-hybridized carbons (Fsp3) is 0.0526. The lowest BCUT2D eigenvalue weighted by Gasteiger charge is -2.18. The molecule has 0 radical (unpaired) electrons. The van der Waals surface area contributed by atoms with E-state index in [4.69, 9.17) is 0 Å². The molecule has 0 nitrogen and oxygen atoms in total. The van der Waals surface area contributed by atoms with Gasteiger partial charge in [-0.05, 0) is 123 Å². The minimum absolute atomic E-state index is 1.28. The van der Waals surface area contributed by atoms with Gasteiger partial charge in [-0.25, -0.2) is 0 Å². The molecule has 2 aliphatic carbocycles. The molecule has 0 fully saturated rings. The molecular formula is C38H24. The number of benzene rings is 7. The Labute approximate surface area is 220 Å². The van der Waals surface area contributed by atoms with Crippen LogP contribution in [0.4, 0.5) is 0 Å². The summed E-state index contributed by atoms with van der Waals surface area (Å²) in [4.78, 5) is 0. The highest BCUT2D eigenvalue weighted by Gasteiger charge is 2.24. The summed E-state index contributed by atoms with van der Waals surface area (Å²) in [5.41, 5.74) is 8.03. The molecule has 176 valence electrons. The SMILES string of the molecule is CC1=c2c(-c3ccccc3)cc3c4ccc5c6c(ccc(c7cc(-c8ccccc8)c(c2c37)=C1C)c64)=CC=5. The zero-order valence-electron chi connectivity index (χ0n) is 21.4. The number of rotatable bonds is 2. The van der Waals surface area contributed by atoms with Crippen molar-refractivity contribution in [2.75, 3.05) is 0 Å². The molecular weight excluding hydrogens is 456 g/mol. The van der Waals surface area contributed by atoms with Gasteiger partial charge in [0.1, 0.15) is 0 Å². The van der Waals surface area contributed by atoms with Gasteiger partial charge in [0.25, 0.3) is 0 Å². The summed E-state index contributed by atoms with van der Waals surface area (Å²) in [5, 5.41) is 16.6. The Kier molecular flexibility index (Phi) is 3.75. The van der Waals surface area contributed by atoms with Gasteiger partial charge in [-0.2, -0.15) is 0 Å². The fourth-order valence-electron chi connectivity index (χ4n) is 7.36. The maximum atomic E-state index is 2.49. The van der Waals surface area contributed by atoms with Gasteiger partial charge in [-0.15, -0.1) is 0 Å². The van der Waals surface area contributed by atoms with E-state index in [1.54, 1.807) is 0 Å². The van der Waals surface area contributed by atoms with Gasteiger partial charge in [-0.1, -0.05) is 97.1 Å². The van der Waals surface area contributed by atoms with Crippen molar-refractivity contribution in [3.05, 3.63) is 118 Å². The second-order valence-corrected chi connectivity index (χ2v) is 10.9. The maximum Gasteiger partial charge on any atom is -0.000834 e. The lowest BCUT2D eigenvalue weighted by molar-refractivity contribution is 1.59. The molecule has 0 bridgehead atoms. The molecule has 0 aromatic heterocycles. The Morgan fingerprint density at radius 3 is 1.32 bits per heavy atom. The van der Waals surface area contributed by atoms with E-state index in [-0.39, 0.29) is 0 Å². The lowest BCUT2D eigenvalue weighted by Crippen LogP contribution is -2.16. The first kappa shape index (κ1) is 20.4. The van der Waals surface area contributed by atoms with Gasteiger partial charge in [-0.3, -0.25) is 0 Å². The van der Waals surface area contributed by atoms with E-state index in [0.29, 0.717) is 0 Å². The molecule has 0 saturated heterocycles. The van der Waals surface area contributed by atoms with Crippen LogP contribution in [0, 0.1) is 0 Å². The lowest BCUT2D eigenvalue weighted by atomic mass is 9.84. The van der Waals surface area contributed by atoms with Crippen molar-refractivity contribution < 1.29 is 0 Å². The van der Waals surface area contributed by atoms with E-state index in [0.717, 1.165) is 0 Å². The molecule has 38 heavy (non-hydrogen) atoms. The van der Waals surface area contributed by atoms with Crippen molar-refractivity contribution in [1.29, 1.82) is 0 Å². The quantitative estimate of drug-likeness (QED) is 0.185. The minimum atomic E-state index is 1.28. The van der Waals surface area contributed by atoms with Crippen molar-refractivity contribution in [1.82, 2.24) is 0 Å². The van der Waals surface area contributed by atoms with E-state index < -0.39 is 0 Å². The molecule has 0 spiro atoms. The standard InChI is InChI=1S/C38H24/c1-21-22(2)34-30(24-11-7-4-8-12-24)20-32-28-18-16-26-14-13-25-15-17-27(36(28)35(25)26)31-19-29(23-9-5-3-6-10-23)33(21)38(34)37(31)32/h3-20H,1-2H3. The molecule has 0 N–H and O–H groups in total. The molecule has 9 rings (SSSR count). The van der Waals surface area contributed by atoms with Crippen LogP contribution in [-0.2, 0) is 0 Å². The van der Waals surface area contributed by atoms with Gasteiger partial charge in [0, 0.05) is 0 Å². The monoisotopic (exact) mass is 480 g/mol. The summed E-state index contributed by atoms with van der Waals surface area (Å²) in [6, 6.07) is 36.2. The first-order chi connectivity index (χ1) is 18.7. The molecule has 7 aromatic carbocycles. The molecule has 0 aliphatic heterocycles. The largest absolute Gasteiger partial charge is 0.0622 e. The molecule has 0 heteroatoms.